The van der Waals surface area contributed by atoms with Gasteiger partial charge in [0.2, 0.25) is 0 Å². The third-order valence-electron chi connectivity index (χ3n) is 3.61. The fraction of sp³-hybridized carbons (Fsp3) is 0.111. The standard InChI is InChI=1S/C18H15FN2O2/c1-2-20-17(22)12-7-8-13-14(18(23)21-16(13)10-12)9-11-5-3-4-6-15(11)19/h3-10H,2H2,1H3,(H,20,22)(H,21,23)/b14-9+. The summed E-state index contributed by atoms with van der Waals surface area (Å²) in [5, 5.41) is 5.42. The van der Waals surface area contributed by atoms with Crippen molar-refractivity contribution >= 4 is 29.2 Å². The van der Waals surface area contributed by atoms with Gasteiger partial charge in [-0.15, -0.1) is 0 Å². The minimum Gasteiger partial charge on any atom is -0.352 e. The van der Waals surface area contributed by atoms with Gasteiger partial charge in [0.15, 0.2) is 0 Å². The summed E-state index contributed by atoms with van der Waals surface area (Å²) in [5.41, 5.74) is 2.41. The Labute approximate surface area is 133 Å². The number of anilines is 1. The molecule has 1 aliphatic heterocycles. The molecule has 2 N–H and O–H groups in total. The maximum absolute atomic E-state index is 13.8. The Morgan fingerprint density at radius 1 is 1.26 bits per heavy atom. The average Bonchev–Trinajstić information content (AvgIpc) is 2.85. The van der Waals surface area contributed by atoms with Crippen LogP contribution >= 0.6 is 0 Å². The van der Waals surface area contributed by atoms with Gasteiger partial charge in [0, 0.05) is 34.5 Å². The van der Waals surface area contributed by atoms with Crippen LogP contribution in [0.5, 0.6) is 0 Å². The molecule has 2 amide bonds. The van der Waals surface area contributed by atoms with Crippen LogP contribution < -0.4 is 10.6 Å². The second-order valence-electron chi connectivity index (χ2n) is 5.15. The first-order valence-corrected chi connectivity index (χ1v) is 7.30. The molecule has 23 heavy (non-hydrogen) atoms. The number of rotatable bonds is 3. The lowest BCUT2D eigenvalue weighted by Crippen LogP contribution is -2.22. The lowest BCUT2D eigenvalue weighted by atomic mass is 10.0. The summed E-state index contributed by atoms with van der Waals surface area (Å²) in [6.07, 6.45) is 1.52. The van der Waals surface area contributed by atoms with Gasteiger partial charge >= 0.3 is 0 Å². The Kier molecular flexibility index (Phi) is 3.93. The number of nitrogens with one attached hydrogen (secondary N) is 2. The van der Waals surface area contributed by atoms with E-state index < -0.39 is 0 Å². The van der Waals surface area contributed by atoms with E-state index in [2.05, 4.69) is 10.6 Å². The Balaban J connectivity index is 2.00. The van der Waals surface area contributed by atoms with Crippen molar-refractivity contribution in [2.75, 3.05) is 11.9 Å². The lowest BCUT2D eigenvalue weighted by molar-refractivity contribution is -0.110. The van der Waals surface area contributed by atoms with Gasteiger partial charge in [-0.2, -0.15) is 0 Å². The summed E-state index contributed by atoms with van der Waals surface area (Å²) < 4.78 is 13.8. The molecule has 3 rings (SSSR count). The molecule has 0 aromatic heterocycles. The molecule has 0 aliphatic carbocycles. The highest BCUT2D eigenvalue weighted by Gasteiger charge is 2.25. The molecule has 0 radical (unpaired) electrons. The van der Waals surface area contributed by atoms with Gasteiger partial charge in [-0.05, 0) is 31.2 Å². The van der Waals surface area contributed by atoms with E-state index >= 15 is 0 Å². The largest absolute Gasteiger partial charge is 0.352 e. The monoisotopic (exact) mass is 310 g/mol. The third kappa shape index (κ3) is 2.85. The molecule has 2 aromatic carbocycles. The summed E-state index contributed by atoms with van der Waals surface area (Å²) in [7, 11) is 0. The van der Waals surface area contributed by atoms with Crippen LogP contribution in [0.1, 0.15) is 28.4 Å². The summed E-state index contributed by atoms with van der Waals surface area (Å²) >= 11 is 0. The van der Waals surface area contributed by atoms with Gasteiger partial charge in [-0.1, -0.05) is 24.3 Å². The Hall–Kier alpha value is -2.95. The normalized spacial score (nSPS) is 14.5. The van der Waals surface area contributed by atoms with Crippen molar-refractivity contribution in [3.8, 4) is 0 Å². The average molecular weight is 310 g/mol. The number of carbonyl (C=O) groups excluding carboxylic acids is 2. The van der Waals surface area contributed by atoms with Crippen molar-refractivity contribution in [3.05, 3.63) is 65.0 Å². The van der Waals surface area contributed by atoms with Gasteiger partial charge in [-0.25, -0.2) is 4.39 Å². The maximum Gasteiger partial charge on any atom is 0.256 e. The predicted octanol–water partition coefficient (Wildman–Crippen LogP) is 3.07. The van der Waals surface area contributed by atoms with Gasteiger partial charge in [0.05, 0.1) is 0 Å². The molecule has 1 heterocycles. The van der Waals surface area contributed by atoms with Crippen LogP contribution in [0.15, 0.2) is 42.5 Å². The van der Waals surface area contributed by atoms with Crippen LogP contribution in [0.2, 0.25) is 0 Å². The van der Waals surface area contributed by atoms with Crippen molar-refractivity contribution in [2.45, 2.75) is 6.92 Å². The predicted molar refractivity (Wildman–Crippen MR) is 87.3 cm³/mol. The molecule has 4 nitrogen and oxygen atoms in total. The van der Waals surface area contributed by atoms with Crippen molar-refractivity contribution in [1.82, 2.24) is 5.32 Å². The molecule has 0 fully saturated rings. The molecule has 0 saturated heterocycles. The molecule has 0 unspecified atom stereocenters. The quantitative estimate of drug-likeness (QED) is 0.856. The van der Waals surface area contributed by atoms with Crippen LogP contribution in [-0.4, -0.2) is 18.4 Å². The van der Waals surface area contributed by atoms with Crippen LogP contribution in [0.4, 0.5) is 10.1 Å². The molecule has 2 aromatic rings. The Morgan fingerprint density at radius 2 is 2.04 bits per heavy atom. The van der Waals surface area contributed by atoms with Gasteiger partial charge in [-0.3, -0.25) is 9.59 Å². The smallest absolute Gasteiger partial charge is 0.256 e. The number of benzene rings is 2. The highest BCUT2D eigenvalue weighted by Crippen LogP contribution is 2.34. The second-order valence-corrected chi connectivity index (χ2v) is 5.15. The number of carbonyl (C=O) groups is 2. The Morgan fingerprint density at radius 3 is 2.78 bits per heavy atom. The lowest BCUT2D eigenvalue weighted by Gasteiger charge is -2.04. The molecular formula is C18H15FN2O2. The minimum atomic E-state index is -0.389. The van der Waals surface area contributed by atoms with Crippen LogP contribution in [-0.2, 0) is 4.79 Å². The first kappa shape index (κ1) is 15.0. The van der Waals surface area contributed by atoms with E-state index in [0.29, 0.717) is 34.5 Å². The van der Waals surface area contributed by atoms with E-state index in [-0.39, 0.29) is 17.6 Å². The molecule has 1 aliphatic rings. The molecule has 116 valence electrons. The molecule has 0 bridgehead atoms. The first-order chi connectivity index (χ1) is 11.1. The number of amides is 2. The molecule has 0 atom stereocenters. The summed E-state index contributed by atoms with van der Waals surface area (Å²) in [4.78, 5) is 24.0. The van der Waals surface area contributed by atoms with Crippen LogP contribution in [0.3, 0.4) is 0 Å². The van der Waals surface area contributed by atoms with Gasteiger partial charge in [0.25, 0.3) is 11.8 Å². The second kappa shape index (κ2) is 6.04. The number of hydrogen-bond acceptors (Lipinski definition) is 2. The molecular weight excluding hydrogens is 295 g/mol. The SMILES string of the molecule is CCNC(=O)c1ccc2c(c1)NC(=O)/C2=C/c1ccccc1F. The fourth-order valence-corrected chi connectivity index (χ4v) is 2.49. The summed E-state index contributed by atoms with van der Waals surface area (Å²) in [6.45, 7) is 2.36. The van der Waals surface area contributed by atoms with E-state index in [0.717, 1.165) is 0 Å². The van der Waals surface area contributed by atoms with Crippen LogP contribution in [0.25, 0.3) is 11.6 Å². The van der Waals surface area contributed by atoms with Gasteiger partial charge < -0.3 is 10.6 Å². The molecule has 0 spiro atoms. The van der Waals surface area contributed by atoms with Crippen LogP contribution in [0, 0.1) is 5.82 Å². The van der Waals surface area contributed by atoms with E-state index in [9.17, 15) is 14.0 Å². The number of fused-ring (bicyclic) bond motifs is 1. The zero-order chi connectivity index (χ0) is 16.4. The van der Waals surface area contributed by atoms with Crippen molar-refractivity contribution < 1.29 is 14.0 Å². The topological polar surface area (TPSA) is 58.2 Å². The zero-order valence-electron chi connectivity index (χ0n) is 12.5. The highest BCUT2D eigenvalue weighted by molar-refractivity contribution is 6.35. The summed E-state index contributed by atoms with van der Waals surface area (Å²) in [6, 6.07) is 11.2. The number of hydrogen-bond donors (Lipinski definition) is 2. The first-order valence-electron chi connectivity index (χ1n) is 7.30. The number of halogens is 1. The Bertz CT molecular complexity index is 828. The maximum atomic E-state index is 13.8. The summed E-state index contributed by atoms with van der Waals surface area (Å²) in [5.74, 6) is -0.896. The zero-order valence-corrected chi connectivity index (χ0v) is 12.5. The third-order valence-corrected chi connectivity index (χ3v) is 3.61. The van der Waals surface area contributed by atoms with Crippen molar-refractivity contribution in [3.63, 3.8) is 0 Å². The van der Waals surface area contributed by atoms with E-state index in [1.54, 1.807) is 36.4 Å². The van der Waals surface area contributed by atoms with Crippen molar-refractivity contribution in [2.24, 2.45) is 0 Å². The van der Waals surface area contributed by atoms with E-state index in [4.69, 9.17) is 0 Å². The molecule has 0 saturated carbocycles. The fourth-order valence-electron chi connectivity index (χ4n) is 2.49. The molecule has 5 heteroatoms. The minimum absolute atomic E-state index is 0.198. The van der Waals surface area contributed by atoms with E-state index in [1.165, 1.54) is 12.1 Å². The van der Waals surface area contributed by atoms with Gasteiger partial charge in [0.1, 0.15) is 5.82 Å². The highest BCUT2D eigenvalue weighted by atomic mass is 19.1. The van der Waals surface area contributed by atoms with E-state index in [1.807, 2.05) is 6.92 Å². The van der Waals surface area contributed by atoms with Crippen molar-refractivity contribution in [1.29, 1.82) is 0 Å².